The van der Waals surface area contributed by atoms with Gasteiger partial charge in [0.25, 0.3) is 5.91 Å². The summed E-state index contributed by atoms with van der Waals surface area (Å²) >= 11 is 0. The molecule has 0 bridgehead atoms. The number of carbonyl (C=O) groups is 1. The van der Waals surface area contributed by atoms with Crippen LogP contribution in [0.2, 0.25) is 0 Å². The first kappa shape index (κ1) is 15.7. The second kappa shape index (κ2) is 7.40. The van der Waals surface area contributed by atoms with E-state index in [1.807, 2.05) is 30.3 Å². The van der Waals surface area contributed by atoms with E-state index < -0.39 is 0 Å². The highest BCUT2D eigenvalue weighted by Gasteiger charge is 2.24. The summed E-state index contributed by atoms with van der Waals surface area (Å²) < 4.78 is 5.44. The first-order valence-electron chi connectivity index (χ1n) is 7.98. The van der Waals surface area contributed by atoms with Crippen LogP contribution >= 0.6 is 0 Å². The molecule has 1 atom stereocenters. The highest BCUT2D eigenvalue weighted by molar-refractivity contribution is 5.94. The van der Waals surface area contributed by atoms with Crippen molar-refractivity contribution in [2.45, 2.75) is 13.1 Å². The van der Waals surface area contributed by atoms with E-state index in [-0.39, 0.29) is 12.1 Å². The molecule has 0 radical (unpaired) electrons. The molecule has 4 nitrogen and oxygen atoms in total. The maximum Gasteiger partial charge on any atom is 0.252 e. The smallest absolute Gasteiger partial charge is 0.252 e. The summed E-state index contributed by atoms with van der Waals surface area (Å²) in [7, 11) is 0. The summed E-state index contributed by atoms with van der Waals surface area (Å²) in [4.78, 5) is 14.8. The largest absolute Gasteiger partial charge is 0.379 e. The van der Waals surface area contributed by atoms with Crippen molar-refractivity contribution < 1.29 is 9.53 Å². The lowest BCUT2D eigenvalue weighted by molar-refractivity contribution is 0.00847. The first-order chi connectivity index (χ1) is 11.2. The summed E-state index contributed by atoms with van der Waals surface area (Å²) in [5, 5.41) is 3.17. The van der Waals surface area contributed by atoms with Gasteiger partial charge in [0.2, 0.25) is 0 Å². The molecule has 1 aliphatic rings. The topological polar surface area (TPSA) is 41.6 Å². The zero-order chi connectivity index (χ0) is 16.1. The van der Waals surface area contributed by atoms with Crippen LogP contribution in [0.25, 0.3) is 0 Å². The van der Waals surface area contributed by atoms with Crippen molar-refractivity contribution in [1.82, 2.24) is 10.2 Å². The zero-order valence-corrected chi connectivity index (χ0v) is 13.4. The van der Waals surface area contributed by atoms with Gasteiger partial charge in [-0.2, -0.15) is 0 Å². The van der Waals surface area contributed by atoms with Crippen LogP contribution < -0.4 is 5.32 Å². The minimum absolute atomic E-state index is 0.0531. The van der Waals surface area contributed by atoms with Gasteiger partial charge >= 0.3 is 0 Å². The molecule has 23 heavy (non-hydrogen) atoms. The number of nitrogens with zero attached hydrogens (tertiary/aromatic N) is 1. The third-order valence-corrected chi connectivity index (χ3v) is 4.11. The zero-order valence-electron chi connectivity index (χ0n) is 13.4. The molecule has 2 aromatic rings. The monoisotopic (exact) mass is 310 g/mol. The molecule has 1 fully saturated rings. The Morgan fingerprint density at radius 2 is 1.70 bits per heavy atom. The second-order valence-corrected chi connectivity index (χ2v) is 5.80. The summed E-state index contributed by atoms with van der Waals surface area (Å²) in [6.07, 6.45) is -0.132. The maximum atomic E-state index is 12.6. The molecule has 1 heterocycles. The Morgan fingerprint density at radius 3 is 2.35 bits per heavy atom. The standard InChI is InChI=1S/C19H22N2O2/c1-15-7-9-16(10-8-15)18(21-11-13-23-14-12-21)20-19(22)17-5-3-2-4-6-17/h2-10,18H,11-14H2,1H3,(H,20,22). The molecule has 0 aliphatic carbocycles. The SMILES string of the molecule is Cc1ccc(C(NC(=O)c2ccccc2)N2CCOCC2)cc1. The molecule has 1 saturated heterocycles. The molecule has 1 unspecified atom stereocenters. The van der Waals surface area contributed by atoms with E-state index >= 15 is 0 Å². The normalized spacial score (nSPS) is 16.7. The van der Waals surface area contributed by atoms with Crippen LogP contribution in [-0.4, -0.2) is 37.1 Å². The minimum Gasteiger partial charge on any atom is -0.379 e. The van der Waals surface area contributed by atoms with Crippen molar-refractivity contribution in [3.8, 4) is 0 Å². The average molecular weight is 310 g/mol. The molecule has 120 valence electrons. The Kier molecular flexibility index (Phi) is 5.05. The molecule has 1 aliphatic heterocycles. The quantitative estimate of drug-likeness (QED) is 0.944. The van der Waals surface area contributed by atoms with Crippen molar-refractivity contribution in [2.75, 3.05) is 26.3 Å². The van der Waals surface area contributed by atoms with E-state index in [2.05, 4.69) is 41.4 Å². The Morgan fingerprint density at radius 1 is 1.04 bits per heavy atom. The van der Waals surface area contributed by atoms with Gasteiger partial charge < -0.3 is 10.1 Å². The molecule has 0 saturated carbocycles. The van der Waals surface area contributed by atoms with E-state index in [4.69, 9.17) is 4.74 Å². The Bertz CT molecular complexity index is 634. The van der Waals surface area contributed by atoms with Crippen molar-refractivity contribution in [1.29, 1.82) is 0 Å². The molecule has 1 N–H and O–H groups in total. The predicted octanol–water partition coefficient (Wildman–Crippen LogP) is 2.76. The van der Waals surface area contributed by atoms with Crippen LogP contribution in [0.3, 0.4) is 0 Å². The number of ether oxygens (including phenoxy) is 1. The summed E-state index contributed by atoms with van der Waals surface area (Å²) in [5.41, 5.74) is 2.99. The fraction of sp³-hybridized carbons (Fsp3) is 0.316. The van der Waals surface area contributed by atoms with Crippen LogP contribution in [0.15, 0.2) is 54.6 Å². The van der Waals surface area contributed by atoms with Gasteiger partial charge in [-0.1, -0.05) is 48.0 Å². The summed E-state index contributed by atoms with van der Waals surface area (Å²) in [6, 6.07) is 17.7. The van der Waals surface area contributed by atoms with Crippen LogP contribution in [0.1, 0.15) is 27.7 Å². The lowest BCUT2D eigenvalue weighted by atomic mass is 10.1. The molecule has 0 spiro atoms. The van der Waals surface area contributed by atoms with Crippen LogP contribution in [0.5, 0.6) is 0 Å². The Balaban J connectivity index is 1.82. The van der Waals surface area contributed by atoms with Crippen LogP contribution in [0, 0.1) is 6.92 Å². The molecular formula is C19H22N2O2. The van der Waals surface area contributed by atoms with Crippen LogP contribution in [-0.2, 0) is 4.74 Å². The van der Waals surface area contributed by atoms with Crippen molar-refractivity contribution >= 4 is 5.91 Å². The highest BCUT2D eigenvalue weighted by Crippen LogP contribution is 2.20. The molecular weight excluding hydrogens is 288 g/mol. The van der Waals surface area contributed by atoms with Crippen molar-refractivity contribution in [3.63, 3.8) is 0 Å². The number of rotatable bonds is 4. The van der Waals surface area contributed by atoms with Crippen LogP contribution in [0.4, 0.5) is 0 Å². The third kappa shape index (κ3) is 3.97. The Labute approximate surface area is 137 Å². The fourth-order valence-electron chi connectivity index (χ4n) is 2.77. The number of hydrogen-bond acceptors (Lipinski definition) is 3. The number of morpholine rings is 1. The number of benzene rings is 2. The highest BCUT2D eigenvalue weighted by atomic mass is 16.5. The second-order valence-electron chi connectivity index (χ2n) is 5.80. The lowest BCUT2D eigenvalue weighted by Gasteiger charge is -2.35. The van der Waals surface area contributed by atoms with Gasteiger partial charge in [0.1, 0.15) is 6.17 Å². The van der Waals surface area contributed by atoms with Gasteiger partial charge in [0.15, 0.2) is 0 Å². The summed E-state index contributed by atoms with van der Waals surface area (Å²) in [6.45, 7) is 5.09. The third-order valence-electron chi connectivity index (χ3n) is 4.11. The van der Waals surface area contributed by atoms with Gasteiger partial charge in [-0.3, -0.25) is 9.69 Å². The van der Waals surface area contributed by atoms with E-state index in [1.54, 1.807) is 0 Å². The average Bonchev–Trinajstić information content (AvgIpc) is 2.62. The number of nitrogens with one attached hydrogen (secondary N) is 1. The van der Waals surface area contributed by atoms with Gasteiger partial charge in [0, 0.05) is 18.7 Å². The van der Waals surface area contributed by atoms with Gasteiger partial charge in [-0.15, -0.1) is 0 Å². The molecule has 1 amide bonds. The molecule has 0 aromatic heterocycles. The molecule has 3 rings (SSSR count). The summed E-state index contributed by atoms with van der Waals surface area (Å²) in [5.74, 6) is -0.0531. The van der Waals surface area contributed by atoms with Crippen molar-refractivity contribution in [2.24, 2.45) is 0 Å². The molecule has 4 heteroatoms. The maximum absolute atomic E-state index is 12.6. The first-order valence-corrected chi connectivity index (χ1v) is 7.98. The van der Waals surface area contributed by atoms with E-state index in [0.717, 1.165) is 18.7 Å². The van der Waals surface area contributed by atoms with Gasteiger partial charge in [-0.25, -0.2) is 0 Å². The van der Waals surface area contributed by atoms with E-state index in [0.29, 0.717) is 18.8 Å². The Hall–Kier alpha value is -2.17. The number of carbonyl (C=O) groups excluding carboxylic acids is 1. The van der Waals surface area contributed by atoms with Gasteiger partial charge in [-0.05, 0) is 24.6 Å². The number of hydrogen-bond donors (Lipinski definition) is 1. The molecule has 2 aromatic carbocycles. The van der Waals surface area contributed by atoms with E-state index in [1.165, 1.54) is 5.56 Å². The predicted molar refractivity (Wildman–Crippen MR) is 90.2 cm³/mol. The minimum atomic E-state index is -0.132. The number of amides is 1. The van der Waals surface area contributed by atoms with Crippen molar-refractivity contribution in [3.05, 3.63) is 71.3 Å². The fourth-order valence-corrected chi connectivity index (χ4v) is 2.77. The van der Waals surface area contributed by atoms with E-state index in [9.17, 15) is 4.79 Å². The lowest BCUT2D eigenvalue weighted by Crippen LogP contribution is -2.46. The van der Waals surface area contributed by atoms with Gasteiger partial charge in [0.05, 0.1) is 13.2 Å². The number of aryl methyl sites for hydroxylation is 1.